The Hall–Kier alpha value is -4.04. The van der Waals surface area contributed by atoms with Crippen molar-refractivity contribution in [2.45, 2.75) is 19.9 Å². The van der Waals surface area contributed by atoms with E-state index in [1.807, 2.05) is 30.3 Å². The maximum absolute atomic E-state index is 13.6. The number of hydrogen-bond acceptors (Lipinski definition) is 6. The van der Waals surface area contributed by atoms with Gasteiger partial charge < -0.3 is 9.15 Å². The van der Waals surface area contributed by atoms with Gasteiger partial charge >= 0.3 is 5.97 Å². The Labute approximate surface area is 203 Å². The number of allylic oxidation sites excluding steroid dienone is 1. The summed E-state index contributed by atoms with van der Waals surface area (Å²) >= 11 is 1.23. The molecule has 35 heavy (non-hydrogen) atoms. The maximum atomic E-state index is 13.6. The predicted octanol–water partition coefficient (Wildman–Crippen LogP) is 4.20. The molecule has 8 heteroatoms. The molecule has 3 heterocycles. The second-order valence-corrected chi connectivity index (χ2v) is 8.93. The number of halogens is 1. The third kappa shape index (κ3) is 4.28. The Balaban J connectivity index is 1.62. The van der Waals surface area contributed by atoms with Crippen molar-refractivity contribution < 1.29 is 18.3 Å². The molecule has 1 aliphatic rings. The molecule has 0 aliphatic carbocycles. The first-order valence-corrected chi connectivity index (χ1v) is 11.9. The number of benzene rings is 2. The van der Waals surface area contributed by atoms with E-state index in [1.54, 1.807) is 44.2 Å². The van der Waals surface area contributed by atoms with Gasteiger partial charge in [0, 0.05) is 11.6 Å². The van der Waals surface area contributed by atoms with Crippen LogP contribution in [0.1, 0.15) is 31.2 Å². The minimum atomic E-state index is -0.653. The summed E-state index contributed by atoms with van der Waals surface area (Å²) < 4.78 is 26.4. The number of aromatic nitrogens is 1. The highest BCUT2D eigenvalue weighted by Gasteiger charge is 2.33. The zero-order valence-corrected chi connectivity index (χ0v) is 19.8. The number of nitrogens with zero attached hydrogens (tertiary/aromatic N) is 2. The Morgan fingerprint density at radius 2 is 1.89 bits per heavy atom. The summed E-state index contributed by atoms with van der Waals surface area (Å²) in [6.07, 6.45) is 1.66. The average Bonchev–Trinajstić information content (AvgIpc) is 3.44. The molecule has 0 N–H and O–H groups in total. The maximum Gasteiger partial charge on any atom is 0.338 e. The van der Waals surface area contributed by atoms with Crippen LogP contribution in [-0.4, -0.2) is 17.1 Å². The van der Waals surface area contributed by atoms with Crippen LogP contribution in [0, 0.1) is 5.82 Å². The summed E-state index contributed by atoms with van der Waals surface area (Å²) in [6.45, 7) is 3.71. The molecular weight excluding hydrogens is 467 g/mol. The number of furan rings is 1. The van der Waals surface area contributed by atoms with Crippen molar-refractivity contribution >= 4 is 23.4 Å². The molecule has 1 unspecified atom stereocenters. The molecule has 4 aromatic rings. The topological polar surface area (TPSA) is 73.8 Å². The fourth-order valence-electron chi connectivity index (χ4n) is 4.07. The predicted molar refractivity (Wildman–Crippen MR) is 131 cm³/mol. The first-order valence-electron chi connectivity index (χ1n) is 11.1. The standard InChI is InChI=1S/C27H21FN2O4S/c1-3-33-26(32)23-16(2)29-27-30(24(23)18-7-5-4-6-8-18)25(31)22(35-27)15-20-13-14-21(34-20)17-9-11-19(28)12-10-17/h4-15,24H,3H2,1-2H3/b22-15+. The van der Waals surface area contributed by atoms with E-state index in [0.29, 0.717) is 32.1 Å². The van der Waals surface area contributed by atoms with Crippen molar-refractivity contribution in [2.24, 2.45) is 4.99 Å². The van der Waals surface area contributed by atoms with Crippen LogP contribution in [-0.2, 0) is 9.53 Å². The number of rotatable bonds is 5. The van der Waals surface area contributed by atoms with Gasteiger partial charge in [0.05, 0.1) is 28.5 Å². The second-order valence-electron chi connectivity index (χ2n) is 7.92. The van der Waals surface area contributed by atoms with E-state index in [1.165, 1.54) is 28.0 Å². The monoisotopic (exact) mass is 488 g/mol. The lowest BCUT2D eigenvalue weighted by Gasteiger charge is -2.24. The van der Waals surface area contributed by atoms with Crippen molar-refractivity contribution in [1.29, 1.82) is 0 Å². The van der Waals surface area contributed by atoms with Gasteiger partial charge in [-0.05, 0) is 55.8 Å². The molecular formula is C27H21FN2O4S. The van der Waals surface area contributed by atoms with Crippen LogP contribution in [0.25, 0.3) is 17.4 Å². The first kappa shape index (κ1) is 22.7. The smallest absolute Gasteiger partial charge is 0.338 e. The lowest BCUT2D eigenvalue weighted by molar-refractivity contribution is -0.139. The summed E-state index contributed by atoms with van der Waals surface area (Å²) in [5.74, 6) is 0.220. The van der Waals surface area contributed by atoms with E-state index < -0.39 is 12.0 Å². The zero-order valence-electron chi connectivity index (χ0n) is 19.0. The van der Waals surface area contributed by atoms with E-state index in [-0.39, 0.29) is 18.0 Å². The minimum absolute atomic E-state index is 0.219. The molecule has 2 aromatic heterocycles. The van der Waals surface area contributed by atoms with Crippen LogP contribution in [0.4, 0.5) is 4.39 Å². The van der Waals surface area contributed by atoms with Crippen molar-refractivity contribution in [2.75, 3.05) is 6.61 Å². The van der Waals surface area contributed by atoms with Crippen molar-refractivity contribution in [3.63, 3.8) is 0 Å². The van der Waals surface area contributed by atoms with Crippen molar-refractivity contribution in [3.05, 3.63) is 115 Å². The summed E-state index contributed by atoms with van der Waals surface area (Å²) in [6, 6.07) is 18.2. The molecule has 1 atom stereocenters. The fourth-order valence-corrected chi connectivity index (χ4v) is 5.10. The summed E-state index contributed by atoms with van der Waals surface area (Å²) in [7, 11) is 0. The lowest BCUT2D eigenvalue weighted by atomic mass is 9.96. The van der Waals surface area contributed by atoms with Gasteiger partial charge in [-0.3, -0.25) is 9.36 Å². The number of fused-ring (bicyclic) bond motifs is 1. The summed E-state index contributed by atoms with van der Waals surface area (Å²) in [5.41, 5.74) is 2.09. The molecule has 0 saturated carbocycles. The second kappa shape index (κ2) is 9.31. The molecule has 2 aromatic carbocycles. The number of ether oxygens (including phenoxy) is 1. The van der Waals surface area contributed by atoms with Gasteiger partial charge in [0.15, 0.2) is 4.80 Å². The van der Waals surface area contributed by atoms with Gasteiger partial charge in [0.2, 0.25) is 0 Å². The number of thiazole rings is 1. The van der Waals surface area contributed by atoms with E-state index in [0.717, 1.165) is 11.1 Å². The third-order valence-electron chi connectivity index (χ3n) is 5.66. The molecule has 0 amide bonds. The Morgan fingerprint density at radius 1 is 1.14 bits per heavy atom. The molecule has 6 nitrogen and oxygen atoms in total. The number of carbonyl (C=O) groups is 1. The Morgan fingerprint density at radius 3 is 2.60 bits per heavy atom. The number of carbonyl (C=O) groups excluding carboxylic acids is 1. The molecule has 0 bridgehead atoms. The highest BCUT2D eigenvalue weighted by Crippen LogP contribution is 2.30. The van der Waals surface area contributed by atoms with Gasteiger partial charge in [0.25, 0.3) is 5.56 Å². The quantitative estimate of drug-likeness (QED) is 0.395. The highest BCUT2D eigenvalue weighted by molar-refractivity contribution is 7.07. The van der Waals surface area contributed by atoms with E-state index in [9.17, 15) is 14.0 Å². The van der Waals surface area contributed by atoms with Crippen LogP contribution >= 0.6 is 11.3 Å². The van der Waals surface area contributed by atoms with Gasteiger partial charge in [-0.2, -0.15) is 0 Å². The zero-order chi connectivity index (χ0) is 24.5. The minimum Gasteiger partial charge on any atom is -0.463 e. The molecule has 1 aliphatic heterocycles. The first-order chi connectivity index (χ1) is 17.0. The van der Waals surface area contributed by atoms with Crippen molar-refractivity contribution in [1.82, 2.24) is 4.57 Å². The normalized spacial score (nSPS) is 15.6. The van der Waals surface area contributed by atoms with Crippen LogP contribution in [0.2, 0.25) is 0 Å². The van der Waals surface area contributed by atoms with E-state index >= 15 is 0 Å². The van der Waals surface area contributed by atoms with E-state index in [2.05, 4.69) is 4.99 Å². The number of esters is 1. The van der Waals surface area contributed by atoms with Crippen LogP contribution < -0.4 is 14.9 Å². The Bertz CT molecular complexity index is 1610. The summed E-state index contributed by atoms with van der Waals surface area (Å²) in [4.78, 5) is 31.5. The molecule has 176 valence electrons. The average molecular weight is 489 g/mol. The SMILES string of the molecule is CCOC(=O)C1=C(C)N=c2s/c(=C/c3ccc(-c4ccc(F)cc4)o3)c(=O)n2C1c1ccccc1. The van der Waals surface area contributed by atoms with Gasteiger partial charge in [-0.1, -0.05) is 41.7 Å². The number of hydrogen-bond donors (Lipinski definition) is 0. The van der Waals surface area contributed by atoms with E-state index in [4.69, 9.17) is 9.15 Å². The third-order valence-corrected chi connectivity index (χ3v) is 6.64. The highest BCUT2D eigenvalue weighted by atomic mass is 32.1. The molecule has 0 spiro atoms. The van der Waals surface area contributed by atoms with Crippen LogP contribution in [0.5, 0.6) is 0 Å². The van der Waals surface area contributed by atoms with Crippen LogP contribution in [0.15, 0.2) is 92.2 Å². The van der Waals surface area contributed by atoms with Crippen molar-refractivity contribution in [3.8, 4) is 11.3 Å². The molecule has 0 fully saturated rings. The van der Waals surface area contributed by atoms with Crippen LogP contribution in [0.3, 0.4) is 0 Å². The van der Waals surface area contributed by atoms with Gasteiger partial charge in [-0.15, -0.1) is 0 Å². The molecule has 0 saturated heterocycles. The largest absolute Gasteiger partial charge is 0.463 e. The fraction of sp³-hybridized carbons (Fsp3) is 0.148. The Kier molecular flexibility index (Phi) is 6.05. The lowest BCUT2D eigenvalue weighted by Crippen LogP contribution is -2.39. The summed E-state index contributed by atoms with van der Waals surface area (Å²) in [5, 5.41) is 0. The molecule has 0 radical (unpaired) electrons. The van der Waals surface area contributed by atoms with Gasteiger partial charge in [-0.25, -0.2) is 14.2 Å². The van der Waals surface area contributed by atoms with Gasteiger partial charge in [0.1, 0.15) is 17.3 Å². The molecule has 5 rings (SSSR count).